The zero-order valence-corrected chi connectivity index (χ0v) is 65.0. The van der Waals surface area contributed by atoms with Crippen LogP contribution in [-0.2, 0) is 67.2 Å². The van der Waals surface area contributed by atoms with E-state index in [1.54, 1.807) is 76.4 Å². The van der Waals surface area contributed by atoms with Gasteiger partial charge in [0.05, 0.1) is 36.1 Å². The van der Waals surface area contributed by atoms with E-state index in [9.17, 15) is 58.2 Å². The number of carbonyl (C=O) groups excluding carboxylic acids is 9. The average molecular weight is 1460 g/mol. The molecule has 1 heterocycles. The Morgan fingerprint density at radius 3 is 1.61 bits per heavy atom. The molecule has 0 saturated heterocycles. The molecular weight excluding hydrogens is 1350 g/mol. The fourth-order valence-electron chi connectivity index (χ4n) is 12.1. The van der Waals surface area contributed by atoms with Crippen molar-refractivity contribution in [1.29, 1.82) is 0 Å². The molecule has 0 aliphatic carbocycles. The summed E-state index contributed by atoms with van der Waals surface area (Å²) in [6.45, 7) is 8.31. The number of carboxylic acid groups (broad SMARTS) is 1. The standard InChI is InChI=1S/C73H110N12O12S.BHP.K/c1-45(2)56(71(95)83-60(30-35-98-5)64(89)42-52(38-53-44-81-58-24-10-9-22-55(53)58)69(93)82-59(25-13-16-33-76)63(88)40-50(72(96)97)20-11-14-31-74)43-66(91)67(46(3)4)85-70(94)51(36-48-26-28-54(86)29-27-48)41-65(90)61(37-47-18-7-6-8-19-47)84-68(92)49(21-17-34-80-73(78)79)39-62(87)57(77)23-12-15-32-75;1-2;/h6-10,18-19,22,24,26-29,44-46,49-52,56-57,59-61,67,81,86H,11-17,20-21,23,25,30-43,74-77H2,1-5H3,(H,82,93)(H,83,95)(H,84,92)(H,85,94)(H,96,97)(H4,78,79,80);2H;/q;-1;+1/t49-,50+,51-,52-,56+,57-,59+,60+,61+,67+;;/m1../s1. The van der Waals surface area contributed by atoms with Crippen LogP contribution in [0.15, 0.2) is 90.1 Å². The Kier molecular flexibility index (Phi) is 45.8. The molecule has 1 aromatic heterocycles. The number of aromatic amines is 1. The summed E-state index contributed by atoms with van der Waals surface area (Å²) >= 11 is 1.44. The molecule has 0 spiro atoms. The SMILES string of the molecule is CSCC[C@H](NC(=O)[C@@H](CC(=O)[C@@H](NC(=O)[C@@H](CC(=O)[C@H](Cc1ccccc1)NC(=O)[C@H](CCCN=C(N)N)CC(=O)[C@H](N)CCCCN)Cc1ccc(O)cc1)C(C)C)C(C)C)C(=O)C[C@@H](Cc1c[nH]c2ccccc12)C(=O)N[C@@H](CCCCN)C(=O)C[C@H](CCCCN)C(=O)O.[B][PH-].[K+]. The number of Topliss-reactive ketones (excluding diaryl/α,β-unsaturated/α-hetero) is 5. The molecular formula is C73H111BKN12O12PS. The minimum Gasteiger partial charge on any atom is -0.606 e. The maximum absolute atomic E-state index is 15.0. The van der Waals surface area contributed by atoms with Gasteiger partial charge in [-0.2, -0.15) is 19.3 Å². The summed E-state index contributed by atoms with van der Waals surface area (Å²) in [5, 5.41) is 32.8. The van der Waals surface area contributed by atoms with Gasteiger partial charge in [-0.15, -0.1) is 0 Å². The largest absolute Gasteiger partial charge is 1.00 e. The number of para-hydroxylation sites is 1. The zero-order valence-electron chi connectivity index (χ0n) is 60.1. The van der Waals surface area contributed by atoms with E-state index < -0.39 is 131 Å². The van der Waals surface area contributed by atoms with Crippen molar-refractivity contribution in [3.63, 3.8) is 0 Å². The van der Waals surface area contributed by atoms with Gasteiger partial charge in [-0.25, -0.2) is 0 Å². The molecule has 0 fully saturated rings. The van der Waals surface area contributed by atoms with Crippen LogP contribution in [0, 0.1) is 41.4 Å². The number of rotatable bonds is 51. The van der Waals surface area contributed by atoms with Crippen LogP contribution in [0.2, 0.25) is 0 Å². The molecule has 0 aliphatic rings. The molecule has 0 aliphatic heterocycles. The van der Waals surface area contributed by atoms with E-state index in [1.165, 1.54) is 23.9 Å². The van der Waals surface area contributed by atoms with Crippen molar-refractivity contribution >= 4 is 104 Å². The second-order valence-electron chi connectivity index (χ2n) is 26.6. The predicted octanol–water partition coefficient (Wildman–Crippen LogP) is 2.85. The number of amides is 4. The number of nitrogens with two attached hydrogens (primary N) is 6. The number of carboxylic acids is 1. The number of phenolic OH excluding ortho intramolecular Hbond substituents is 1. The molecule has 0 unspecified atom stereocenters. The number of carbonyl (C=O) groups is 10. The number of aromatic nitrogens is 1. The second-order valence-corrected chi connectivity index (χ2v) is 27.5. The van der Waals surface area contributed by atoms with E-state index in [-0.39, 0.29) is 146 Å². The number of hydrogen-bond donors (Lipinski definition) is 13. The first-order valence-electron chi connectivity index (χ1n) is 34.9. The van der Waals surface area contributed by atoms with Gasteiger partial charge in [0.2, 0.25) is 23.6 Å². The predicted molar refractivity (Wildman–Crippen MR) is 398 cm³/mol. The number of thioether (sulfide) groups is 1. The third-order valence-corrected chi connectivity index (χ3v) is 18.7. The molecule has 10 atom stereocenters. The fraction of sp³-hybridized carbons (Fsp3) is 0.575. The second kappa shape index (κ2) is 50.6. The number of nitrogens with one attached hydrogen (secondary N) is 5. The summed E-state index contributed by atoms with van der Waals surface area (Å²) in [4.78, 5) is 151. The third kappa shape index (κ3) is 33.7. The van der Waals surface area contributed by atoms with Gasteiger partial charge in [-0.1, -0.05) is 101 Å². The summed E-state index contributed by atoms with van der Waals surface area (Å²) < 4.78 is 0. The van der Waals surface area contributed by atoms with Crippen LogP contribution in [0.25, 0.3) is 10.9 Å². The molecule has 4 amide bonds. The first kappa shape index (κ1) is 91.4. The van der Waals surface area contributed by atoms with E-state index in [0.29, 0.717) is 87.9 Å². The minimum absolute atomic E-state index is 0. The molecule has 550 valence electrons. The van der Waals surface area contributed by atoms with Crippen molar-refractivity contribution in [2.24, 2.45) is 80.8 Å². The monoisotopic (exact) mass is 1460 g/mol. The van der Waals surface area contributed by atoms with Crippen LogP contribution in [0.1, 0.15) is 154 Å². The van der Waals surface area contributed by atoms with Crippen LogP contribution in [0.4, 0.5) is 0 Å². The molecule has 4 aromatic rings. The van der Waals surface area contributed by atoms with Crippen molar-refractivity contribution in [2.45, 2.75) is 186 Å². The average Bonchev–Trinajstić information content (AvgIpc) is 1.75. The summed E-state index contributed by atoms with van der Waals surface area (Å²) in [6.07, 6.45) is 6.82. The summed E-state index contributed by atoms with van der Waals surface area (Å²) in [6, 6.07) is 17.1. The normalized spacial score (nSPS) is 14.2. The third-order valence-electron chi connectivity index (χ3n) is 18.0. The molecule has 3 aromatic carbocycles. The molecule has 4 rings (SSSR count). The number of aromatic hydroxyl groups is 1. The van der Waals surface area contributed by atoms with Gasteiger partial charge in [0, 0.05) is 79.4 Å². The molecule has 2 radical (unpaired) electrons. The molecule has 28 heteroatoms. The smallest absolute Gasteiger partial charge is 0.606 e. The number of aliphatic imine (C=N–C) groups is 1. The first-order valence-corrected chi connectivity index (χ1v) is 36.9. The van der Waals surface area contributed by atoms with Crippen molar-refractivity contribution in [3.8, 4) is 5.75 Å². The summed E-state index contributed by atoms with van der Waals surface area (Å²) in [7, 11) is 6.78. The molecule has 0 saturated carbocycles. The number of unbranched alkanes of at least 4 members (excludes halogenated alkanes) is 3. The first-order chi connectivity index (χ1) is 47.8. The van der Waals surface area contributed by atoms with Gasteiger partial charge < -0.3 is 80.0 Å². The number of fused-ring (bicyclic) bond motifs is 1. The van der Waals surface area contributed by atoms with E-state index in [1.807, 2.05) is 30.5 Å². The van der Waals surface area contributed by atoms with E-state index in [4.69, 9.17) is 34.4 Å². The molecule has 101 heavy (non-hydrogen) atoms. The van der Waals surface area contributed by atoms with Gasteiger partial charge in [-0.05, 0) is 162 Å². The molecule has 19 N–H and O–H groups in total. The number of benzene rings is 3. The Morgan fingerprint density at radius 1 is 0.535 bits per heavy atom. The van der Waals surface area contributed by atoms with Crippen LogP contribution < -0.4 is 107 Å². The quantitative estimate of drug-likeness (QED) is 0.00993. The van der Waals surface area contributed by atoms with Crippen LogP contribution in [0.5, 0.6) is 5.75 Å². The van der Waals surface area contributed by atoms with Crippen molar-refractivity contribution in [1.82, 2.24) is 26.3 Å². The number of phenols is 1. The minimum atomic E-state index is -1.20. The number of H-pyrrole nitrogens is 1. The number of ketones is 5. The topological polar surface area (TPSA) is 444 Å². The van der Waals surface area contributed by atoms with Crippen LogP contribution in [-0.4, -0.2) is 156 Å². The number of nitrogens with zero attached hydrogens (tertiary/aromatic N) is 1. The van der Waals surface area contributed by atoms with Crippen molar-refractivity contribution in [3.05, 3.63) is 102 Å². The van der Waals surface area contributed by atoms with Crippen molar-refractivity contribution in [2.75, 3.05) is 38.2 Å². The van der Waals surface area contributed by atoms with Gasteiger partial charge in [0.25, 0.3) is 0 Å². The van der Waals surface area contributed by atoms with E-state index in [0.717, 1.165) is 16.5 Å². The fourth-order valence-corrected chi connectivity index (χ4v) is 12.6. The maximum atomic E-state index is 15.0. The maximum Gasteiger partial charge on any atom is 1.00 e. The van der Waals surface area contributed by atoms with Gasteiger partial charge >= 0.3 is 57.4 Å². The van der Waals surface area contributed by atoms with E-state index in [2.05, 4.69) is 47.9 Å². The molecule has 0 bridgehead atoms. The zero-order chi connectivity index (χ0) is 74.3. The Labute approximate surface area is 647 Å². The van der Waals surface area contributed by atoms with Gasteiger partial charge in [0.1, 0.15) is 11.5 Å². The Hall–Kier alpha value is -5.71. The van der Waals surface area contributed by atoms with Gasteiger partial charge in [0.15, 0.2) is 29.1 Å². The molecule has 24 nitrogen and oxygen atoms in total. The Bertz CT molecular complexity index is 3240. The van der Waals surface area contributed by atoms with Crippen LogP contribution >= 0.6 is 20.9 Å². The summed E-state index contributed by atoms with van der Waals surface area (Å²) in [5.74, 6) is -11.7. The summed E-state index contributed by atoms with van der Waals surface area (Å²) in [5.41, 5.74) is 37.4. The van der Waals surface area contributed by atoms with E-state index >= 15 is 0 Å². The van der Waals surface area contributed by atoms with Crippen molar-refractivity contribution < 1.29 is 110 Å². The Balaban J connectivity index is 0.0000115. The number of guanidine groups is 1. The number of aliphatic carboxylic acids is 1. The van der Waals surface area contributed by atoms with Gasteiger partial charge in [-0.3, -0.25) is 52.9 Å². The number of hydrogen-bond acceptors (Lipinski definition) is 17. The van der Waals surface area contributed by atoms with Crippen LogP contribution in [0.3, 0.4) is 0 Å². The Morgan fingerprint density at radius 2 is 1.03 bits per heavy atom.